The zero-order chi connectivity index (χ0) is 35.5. The summed E-state index contributed by atoms with van der Waals surface area (Å²) >= 11 is 0. The van der Waals surface area contributed by atoms with Crippen molar-refractivity contribution in [2.45, 2.75) is 113 Å². The van der Waals surface area contributed by atoms with Crippen molar-refractivity contribution in [2.24, 2.45) is 11.7 Å². The van der Waals surface area contributed by atoms with Gasteiger partial charge in [0.15, 0.2) is 5.82 Å². The number of likely N-dealkylation sites (tertiary alicyclic amines) is 1. The van der Waals surface area contributed by atoms with E-state index in [0.29, 0.717) is 5.69 Å². The minimum absolute atomic E-state index is 0.00463. The van der Waals surface area contributed by atoms with E-state index in [9.17, 15) is 41.0 Å². The number of rotatable bonds is 8. The summed E-state index contributed by atoms with van der Waals surface area (Å²) in [6.45, 7) is 2.25. The van der Waals surface area contributed by atoms with Crippen molar-refractivity contribution in [3.8, 4) is 0 Å². The van der Waals surface area contributed by atoms with Crippen LogP contribution in [0.25, 0.3) is 5.78 Å². The van der Waals surface area contributed by atoms with E-state index in [0.717, 1.165) is 0 Å². The highest BCUT2D eigenvalue weighted by atomic mass is 19.3. The van der Waals surface area contributed by atoms with Gasteiger partial charge in [-0.3, -0.25) is 9.59 Å². The summed E-state index contributed by atoms with van der Waals surface area (Å²) in [5.74, 6) is -8.66. The average molecular weight is 702 g/mol. The Morgan fingerprint density at radius 3 is 2.31 bits per heavy atom. The third-order valence-corrected chi connectivity index (χ3v) is 9.70. The molecule has 3 N–H and O–H groups in total. The number of hydrogen-bond acceptors (Lipinski definition) is 9. The number of carbonyl (C=O) groups excluding carboxylic acids is 2. The molecule has 2 saturated heterocycles. The van der Waals surface area contributed by atoms with Crippen LogP contribution in [0.4, 0.5) is 26.3 Å². The number of fused-ring (bicyclic) bond motifs is 1. The van der Waals surface area contributed by atoms with Crippen LogP contribution in [0.1, 0.15) is 111 Å². The minimum Gasteiger partial charge on any atom is -0.384 e. The van der Waals surface area contributed by atoms with Crippen LogP contribution in [-0.2, 0) is 9.53 Å². The molecule has 0 radical (unpaired) electrons. The smallest absolute Gasteiger partial charge is 0.286 e. The first-order valence-electron chi connectivity index (χ1n) is 16.1. The van der Waals surface area contributed by atoms with Gasteiger partial charge in [0.05, 0.1) is 35.7 Å². The van der Waals surface area contributed by atoms with Crippen LogP contribution >= 0.6 is 0 Å². The Labute approximate surface area is 276 Å². The molecule has 0 spiro atoms. The Balaban J connectivity index is 1.37. The van der Waals surface area contributed by atoms with Gasteiger partial charge in [0.25, 0.3) is 29.9 Å². The summed E-state index contributed by atoms with van der Waals surface area (Å²) in [7, 11) is 0. The number of nitrogens with zero attached hydrogens (tertiary/aromatic N) is 8. The van der Waals surface area contributed by atoms with E-state index in [-0.39, 0.29) is 67.8 Å². The molecule has 3 aromatic heterocycles. The lowest BCUT2D eigenvalue weighted by atomic mass is 9.77. The van der Waals surface area contributed by atoms with Gasteiger partial charge in [0.1, 0.15) is 18.3 Å². The lowest BCUT2D eigenvalue weighted by Gasteiger charge is -2.44. The summed E-state index contributed by atoms with van der Waals surface area (Å²) in [6.07, 6.45) is -4.18. The summed E-state index contributed by atoms with van der Waals surface area (Å²) in [4.78, 5) is 40.4. The first kappa shape index (κ1) is 35.0. The third-order valence-electron chi connectivity index (χ3n) is 9.70. The Bertz CT molecular complexity index is 1700. The topological polar surface area (TPSA) is 167 Å². The normalized spacial score (nSPS) is 26.8. The maximum Gasteiger partial charge on any atom is 0.286 e. The maximum atomic E-state index is 14.2. The van der Waals surface area contributed by atoms with Crippen molar-refractivity contribution in [3.05, 3.63) is 35.4 Å². The molecule has 6 rings (SSSR count). The van der Waals surface area contributed by atoms with Gasteiger partial charge in [-0.1, -0.05) is 0 Å². The number of piperidine rings is 1. The quantitative estimate of drug-likeness (QED) is 0.332. The lowest BCUT2D eigenvalue weighted by Crippen LogP contribution is -2.55. The standard InChI is InChI=1S/C30H37F6N9O4/c1-15(2)45-24(22(37)46)41-23(42-45)21(16-3-6-29(33,34)7-4-16)18-13-44-27(40-18)39-17(12-38-44)19-11-28(48,26(31)32)9-10-43(19)25(47)20-5-8-30(35,36)14-49-20/h12-13,15-16,19-21,26,48H,3-11,14H2,1-2H3,(H2,37,46)/t19-,20-,21-,28+/m0/s1. The van der Waals surface area contributed by atoms with Gasteiger partial charge < -0.3 is 20.5 Å². The van der Waals surface area contributed by atoms with Crippen LogP contribution < -0.4 is 5.73 Å². The number of halogens is 6. The fourth-order valence-corrected chi connectivity index (χ4v) is 6.94. The second kappa shape index (κ2) is 12.8. The van der Waals surface area contributed by atoms with Gasteiger partial charge >= 0.3 is 0 Å². The van der Waals surface area contributed by atoms with Gasteiger partial charge in [-0.15, -0.1) is 0 Å². The van der Waals surface area contributed by atoms with E-state index in [1.807, 2.05) is 0 Å². The van der Waals surface area contributed by atoms with Crippen molar-refractivity contribution >= 4 is 17.6 Å². The number of aromatic nitrogens is 7. The molecule has 0 aromatic carbocycles. The van der Waals surface area contributed by atoms with Gasteiger partial charge in [-0.2, -0.15) is 10.2 Å². The van der Waals surface area contributed by atoms with Gasteiger partial charge in [-0.25, -0.2) is 50.5 Å². The number of ether oxygens (including phenoxy) is 1. The van der Waals surface area contributed by atoms with E-state index >= 15 is 0 Å². The third kappa shape index (κ3) is 6.95. The molecule has 19 heteroatoms. The van der Waals surface area contributed by atoms with Crippen molar-refractivity contribution < 1.29 is 45.8 Å². The molecule has 2 amide bonds. The zero-order valence-corrected chi connectivity index (χ0v) is 26.8. The van der Waals surface area contributed by atoms with Crippen LogP contribution in [0.2, 0.25) is 0 Å². The number of alkyl halides is 6. The highest BCUT2D eigenvalue weighted by molar-refractivity contribution is 5.89. The molecule has 4 atom stereocenters. The first-order chi connectivity index (χ1) is 23.0. The number of primary amides is 1. The Kier molecular flexibility index (Phi) is 9.13. The molecule has 0 bridgehead atoms. The number of carbonyl (C=O) groups is 2. The molecule has 2 aliphatic heterocycles. The predicted molar refractivity (Wildman–Crippen MR) is 157 cm³/mol. The fourth-order valence-electron chi connectivity index (χ4n) is 6.94. The molecule has 5 heterocycles. The first-order valence-corrected chi connectivity index (χ1v) is 16.1. The molecular weight excluding hydrogens is 664 g/mol. The van der Waals surface area contributed by atoms with Gasteiger partial charge in [0.2, 0.25) is 11.7 Å². The number of amides is 2. The number of imidazole rings is 1. The SMILES string of the molecule is CC(C)n1nc([C@H](c2cn3ncc([C@@H]4C[C@@](O)(C(F)F)CCN4C(=O)[C@@H]4CCC(F)(F)CO4)nc3n2)C2CCC(F)(F)CC2)nc1C(N)=O. The van der Waals surface area contributed by atoms with Crippen LogP contribution in [-0.4, -0.2) is 99.3 Å². The van der Waals surface area contributed by atoms with Crippen LogP contribution in [0.3, 0.4) is 0 Å². The van der Waals surface area contributed by atoms with Crippen molar-refractivity contribution in [1.82, 2.24) is 39.2 Å². The Morgan fingerprint density at radius 2 is 1.71 bits per heavy atom. The Hall–Kier alpha value is -3.87. The molecule has 49 heavy (non-hydrogen) atoms. The summed E-state index contributed by atoms with van der Waals surface area (Å²) in [5.41, 5.74) is 3.39. The van der Waals surface area contributed by atoms with Crippen LogP contribution in [0.15, 0.2) is 12.4 Å². The predicted octanol–water partition coefficient (Wildman–Crippen LogP) is 3.83. The van der Waals surface area contributed by atoms with E-state index in [1.54, 1.807) is 13.8 Å². The number of hydrogen-bond donors (Lipinski definition) is 2. The average Bonchev–Trinajstić information content (AvgIpc) is 3.66. The molecular formula is C30H37F6N9O4. The molecule has 3 aliphatic rings. The molecule has 1 saturated carbocycles. The second-order valence-corrected chi connectivity index (χ2v) is 13.6. The lowest BCUT2D eigenvalue weighted by molar-refractivity contribution is -0.182. The molecule has 3 aromatic rings. The van der Waals surface area contributed by atoms with Crippen LogP contribution in [0.5, 0.6) is 0 Å². The van der Waals surface area contributed by atoms with Crippen molar-refractivity contribution in [1.29, 1.82) is 0 Å². The second-order valence-electron chi connectivity index (χ2n) is 13.6. The van der Waals surface area contributed by atoms with E-state index < -0.39 is 85.5 Å². The van der Waals surface area contributed by atoms with Crippen molar-refractivity contribution in [3.63, 3.8) is 0 Å². The van der Waals surface area contributed by atoms with Crippen LogP contribution in [0, 0.1) is 5.92 Å². The molecule has 13 nitrogen and oxygen atoms in total. The Morgan fingerprint density at radius 1 is 1.02 bits per heavy atom. The summed E-state index contributed by atoms with van der Waals surface area (Å²) < 4.78 is 91.6. The van der Waals surface area contributed by atoms with E-state index in [2.05, 4.69) is 25.1 Å². The largest absolute Gasteiger partial charge is 0.384 e. The molecule has 3 fully saturated rings. The molecule has 0 unspecified atom stereocenters. The van der Waals surface area contributed by atoms with E-state index in [4.69, 9.17) is 10.5 Å². The highest BCUT2D eigenvalue weighted by Gasteiger charge is 2.49. The fraction of sp³-hybridized carbons (Fsp3) is 0.700. The molecule has 268 valence electrons. The highest BCUT2D eigenvalue weighted by Crippen LogP contribution is 2.45. The minimum atomic E-state index is -3.15. The zero-order valence-electron chi connectivity index (χ0n) is 26.8. The molecule has 1 aliphatic carbocycles. The van der Waals surface area contributed by atoms with Gasteiger partial charge in [-0.05, 0) is 45.4 Å². The summed E-state index contributed by atoms with van der Waals surface area (Å²) in [5, 5.41) is 19.6. The van der Waals surface area contributed by atoms with Crippen molar-refractivity contribution in [2.75, 3.05) is 13.2 Å². The number of nitrogens with two attached hydrogens (primary N) is 1. The summed E-state index contributed by atoms with van der Waals surface area (Å²) in [6, 6.07) is -1.54. The van der Waals surface area contributed by atoms with E-state index in [1.165, 1.54) is 26.5 Å². The maximum absolute atomic E-state index is 14.2. The van der Waals surface area contributed by atoms with Gasteiger partial charge in [0, 0.05) is 38.3 Å². The number of aliphatic hydroxyl groups is 1. The monoisotopic (exact) mass is 701 g/mol.